The van der Waals surface area contributed by atoms with Crippen LogP contribution >= 0.6 is 28.1 Å². The quantitative estimate of drug-likeness (QED) is 0.518. The molecule has 1 aromatic heterocycles. The van der Waals surface area contributed by atoms with Gasteiger partial charge in [-0.15, -0.1) is 0 Å². The number of nitrogens with two attached hydrogens (primary N) is 1. The van der Waals surface area contributed by atoms with Gasteiger partial charge in [-0.1, -0.05) is 28.1 Å². The van der Waals surface area contributed by atoms with Crippen molar-refractivity contribution in [1.82, 2.24) is 5.43 Å². The standard InChI is InChI=1S/C12H10BrN3OS/c13-9-3-1-8(2-4-9)11-6-5-10(17-11)7-15-16-12(14)18/h1-7H,(H3,14,16,18)/b15-7-. The van der Waals surface area contributed by atoms with Crippen molar-refractivity contribution in [3.8, 4) is 11.3 Å². The van der Waals surface area contributed by atoms with Gasteiger partial charge >= 0.3 is 0 Å². The summed E-state index contributed by atoms with van der Waals surface area (Å²) in [5, 5.41) is 3.94. The number of hydrogen-bond acceptors (Lipinski definition) is 3. The van der Waals surface area contributed by atoms with E-state index in [-0.39, 0.29) is 5.11 Å². The average Bonchev–Trinajstić information content (AvgIpc) is 2.78. The highest BCUT2D eigenvalue weighted by Gasteiger charge is 2.02. The number of thiocarbonyl (C=S) groups is 1. The summed E-state index contributed by atoms with van der Waals surface area (Å²) in [5.41, 5.74) is 8.70. The summed E-state index contributed by atoms with van der Waals surface area (Å²) in [4.78, 5) is 0. The van der Waals surface area contributed by atoms with E-state index in [1.165, 1.54) is 6.21 Å². The third-order valence-corrected chi connectivity index (χ3v) is 2.74. The maximum atomic E-state index is 5.60. The van der Waals surface area contributed by atoms with E-state index < -0.39 is 0 Å². The minimum absolute atomic E-state index is 0.117. The van der Waals surface area contributed by atoms with Crippen LogP contribution in [-0.2, 0) is 0 Å². The van der Waals surface area contributed by atoms with Gasteiger partial charge in [-0.25, -0.2) is 0 Å². The lowest BCUT2D eigenvalue weighted by molar-refractivity contribution is 0.574. The van der Waals surface area contributed by atoms with Crippen LogP contribution in [0.4, 0.5) is 0 Å². The molecule has 2 rings (SSSR count). The number of benzene rings is 1. The Hall–Kier alpha value is -1.66. The molecule has 0 fully saturated rings. The number of nitrogens with one attached hydrogen (secondary N) is 1. The van der Waals surface area contributed by atoms with Crippen molar-refractivity contribution >= 4 is 39.5 Å². The van der Waals surface area contributed by atoms with Crippen molar-refractivity contribution in [2.45, 2.75) is 0 Å². The second-order valence-corrected chi connectivity index (χ2v) is 4.80. The van der Waals surface area contributed by atoms with Gasteiger partial charge in [-0.2, -0.15) is 5.10 Å². The van der Waals surface area contributed by atoms with Gasteiger partial charge in [0.25, 0.3) is 0 Å². The Labute approximate surface area is 118 Å². The summed E-state index contributed by atoms with van der Waals surface area (Å²) in [6, 6.07) is 11.6. The molecule has 0 saturated carbocycles. The fraction of sp³-hybridized carbons (Fsp3) is 0. The van der Waals surface area contributed by atoms with Crippen LogP contribution in [0.1, 0.15) is 5.76 Å². The van der Waals surface area contributed by atoms with Gasteiger partial charge in [-0.3, -0.25) is 5.43 Å². The normalized spacial score (nSPS) is 10.7. The molecule has 0 aliphatic carbocycles. The lowest BCUT2D eigenvalue weighted by Crippen LogP contribution is -2.23. The first-order chi connectivity index (χ1) is 8.65. The van der Waals surface area contributed by atoms with Gasteiger partial charge in [0.2, 0.25) is 0 Å². The molecule has 4 nitrogen and oxygen atoms in total. The van der Waals surface area contributed by atoms with Crippen molar-refractivity contribution in [3.63, 3.8) is 0 Å². The van der Waals surface area contributed by atoms with Gasteiger partial charge in [-0.05, 0) is 36.5 Å². The third kappa shape index (κ3) is 3.41. The molecule has 0 atom stereocenters. The van der Waals surface area contributed by atoms with Gasteiger partial charge < -0.3 is 10.2 Å². The van der Waals surface area contributed by atoms with Crippen LogP contribution in [0.25, 0.3) is 11.3 Å². The molecular formula is C12H10BrN3OS. The lowest BCUT2D eigenvalue weighted by atomic mass is 10.2. The SMILES string of the molecule is NC(=S)N/N=C\c1ccc(-c2ccc(Br)cc2)o1. The van der Waals surface area contributed by atoms with Crippen LogP contribution in [0.15, 0.2) is 50.4 Å². The number of furan rings is 1. The molecule has 0 saturated heterocycles. The molecule has 0 aliphatic rings. The molecule has 6 heteroatoms. The first-order valence-electron chi connectivity index (χ1n) is 5.09. The largest absolute Gasteiger partial charge is 0.455 e. The maximum Gasteiger partial charge on any atom is 0.184 e. The Morgan fingerprint density at radius 2 is 2.00 bits per heavy atom. The zero-order valence-corrected chi connectivity index (χ0v) is 11.7. The van der Waals surface area contributed by atoms with Crippen LogP contribution in [-0.4, -0.2) is 11.3 Å². The lowest BCUT2D eigenvalue weighted by Gasteiger charge is -1.96. The van der Waals surface area contributed by atoms with Crippen LogP contribution in [0.2, 0.25) is 0 Å². The fourth-order valence-corrected chi connectivity index (χ4v) is 1.67. The van der Waals surface area contributed by atoms with Gasteiger partial charge in [0.15, 0.2) is 5.11 Å². The van der Waals surface area contributed by atoms with Gasteiger partial charge in [0, 0.05) is 10.0 Å². The number of nitrogens with zero attached hydrogens (tertiary/aromatic N) is 1. The number of hydrogen-bond donors (Lipinski definition) is 2. The van der Waals surface area contributed by atoms with E-state index in [1.54, 1.807) is 0 Å². The maximum absolute atomic E-state index is 5.60. The molecule has 0 radical (unpaired) electrons. The van der Waals surface area contributed by atoms with Crippen LogP contribution in [0, 0.1) is 0 Å². The summed E-state index contributed by atoms with van der Waals surface area (Å²) in [5.74, 6) is 1.40. The fourth-order valence-electron chi connectivity index (χ4n) is 1.35. The van der Waals surface area contributed by atoms with E-state index in [2.05, 4.69) is 38.7 Å². The number of rotatable bonds is 3. The zero-order valence-electron chi connectivity index (χ0n) is 9.26. The summed E-state index contributed by atoms with van der Waals surface area (Å²) < 4.78 is 6.63. The van der Waals surface area contributed by atoms with E-state index in [0.717, 1.165) is 15.8 Å². The summed E-state index contributed by atoms with van der Waals surface area (Å²) >= 11 is 8.01. The Balaban J connectivity index is 2.12. The van der Waals surface area contributed by atoms with E-state index in [4.69, 9.17) is 10.2 Å². The molecule has 92 valence electrons. The van der Waals surface area contributed by atoms with E-state index in [0.29, 0.717) is 5.76 Å². The monoisotopic (exact) mass is 323 g/mol. The third-order valence-electron chi connectivity index (χ3n) is 2.12. The summed E-state index contributed by atoms with van der Waals surface area (Å²) in [7, 11) is 0. The van der Waals surface area contributed by atoms with Crippen LogP contribution < -0.4 is 11.2 Å². The molecule has 2 aromatic rings. The highest BCUT2D eigenvalue weighted by Crippen LogP contribution is 2.23. The minimum atomic E-state index is 0.117. The van der Waals surface area contributed by atoms with Crippen LogP contribution in [0.3, 0.4) is 0 Å². The first kappa shape index (κ1) is 12.8. The second kappa shape index (κ2) is 5.79. The molecule has 0 amide bonds. The topological polar surface area (TPSA) is 63.5 Å². The molecular weight excluding hydrogens is 314 g/mol. The van der Waals surface area contributed by atoms with Gasteiger partial charge in [0.1, 0.15) is 11.5 Å². The molecule has 1 heterocycles. The van der Waals surface area contributed by atoms with Crippen molar-refractivity contribution < 1.29 is 4.42 Å². The molecule has 0 bridgehead atoms. The first-order valence-corrected chi connectivity index (χ1v) is 6.29. The summed E-state index contributed by atoms with van der Waals surface area (Å²) in [6.45, 7) is 0. The predicted octanol–water partition coefficient (Wildman–Crippen LogP) is 2.88. The molecule has 18 heavy (non-hydrogen) atoms. The molecule has 3 N–H and O–H groups in total. The van der Waals surface area contributed by atoms with Gasteiger partial charge in [0.05, 0.1) is 6.21 Å². The number of hydrazone groups is 1. The molecule has 0 spiro atoms. The zero-order chi connectivity index (χ0) is 13.0. The number of halogens is 1. The highest BCUT2D eigenvalue weighted by atomic mass is 79.9. The van der Waals surface area contributed by atoms with Crippen molar-refractivity contribution in [3.05, 3.63) is 46.6 Å². The average molecular weight is 324 g/mol. The van der Waals surface area contributed by atoms with E-state index in [1.807, 2.05) is 36.4 Å². The van der Waals surface area contributed by atoms with Crippen molar-refractivity contribution in [2.75, 3.05) is 0 Å². The molecule has 0 unspecified atom stereocenters. The molecule has 0 aliphatic heterocycles. The van der Waals surface area contributed by atoms with Crippen molar-refractivity contribution in [2.24, 2.45) is 10.8 Å². The molecule has 1 aromatic carbocycles. The Morgan fingerprint density at radius 3 is 2.67 bits per heavy atom. The van der Waals surface area contributed by atoms with E-state index in [9.17, 15) is 0 Å². The Morgan fingerprint density at radius 1 is 1.28 bits per heavy atom. The highest BCUT2D eigenvalue weighted by molar-refractivity contribution is 9.10. The van der Waals surface area contributed by atoms with Crippen LogP contribution in [0.5, 0.6) is 0 Å². The van der Waals surface area contributed by atoms with E-state index >= 15 is 0 Å². The summed E-state index contributed by atoms with van der Waals surface area (Å²) in [6.07, 6.45) is 1.52. The Kier molecular flexibility index (Phi) is 4.11. The van der Waals surface area contributed by atoms with Crippen molar-refractivity contribution in [1.29, 1.82) is 0 Å². The predicted molar refractivity (Wildman–Crippen MR) is 79.4 cm³/mol. The smallest absolute Gasteiger partial charge is 0.184 e. The minimum Gasteiger partial charge on any atom is -0.455 e. The second-order valence-electron chi connectivity index (χ2n) is 3.44. The Bertz CT molecular complexity index is 577.